The average Bonchev–Trinajstić information content (AvgIpc) is 2.40. The molecular formula is C16H32O4Si. The molecule has 0 saturated carbocycles. The lowest BCUT2D eigenvalue weighted by Gasteiger charge is -2.38. The molecule has 0 spiro atoms. The summed E-state index contributed by atoms with van der Waals surface area (Å²) < 4.78 is 16.6. The van der Waals surface area contributed by atoms with E-state index in [1.54, 1.807) is 14.0 Å². The Morgan fingerprint density at radius 3 is 2.10 bits per heavy atom. The molecule has 0 bridgehead atoms. The SMILES string of the molecule is C=C(C)C(=O)OCCC[Si](OCCOC)(C(C)C)C(C)C. The lowest BCUT2D eigenvalue weighted by molar-refractivity contribution is -0.138. The third kappa shape index (κ3) is 6.76. The molecule has 0 aromatic carbocycles. The molecule has 0 N–H and O–H groups in total. The topological polar surface area (TPSA) is 44.8 Å². The van der Waals surface area contributed by atoms with Gasteiger partial charge in [-0.15, -0.1) is 0 Å². The van der Waals surface area contributed by atoms with Gasteiger partial charge in [0.25, 0.3) is 0 Å². The number of hydrogen-bond donors (Lipinski definition) is 0. The summed E-state index contributed by atoms with van der Waals surface area (Å²) in [6.45, 7) is 15.9. The average molecular weight is 317 g/mol. The van der Waals surface area contributed by atoms with Gasteiger partial charge in [0.2, 0.25) is 0 Å². The first-order chi connectivity index (χ1) is 9.77. The van der Waals surface area contributed by atoms with Gasteiger partial charge in [0.15, 0.2) is 8.32 Å². The number of esters is 1. The minimum absolute atomic E-state index is 0.309. The summed E-state index contributed by atoms with van der Waals surface area (Å²) in [6.07, 6.45) is 0.842. The van der Waals surface area contributed by atoms with E-state index in [4.69, 9.17) is 13.9 Å². The minimum Gasteiger partial charge on any atom is -0.462 e. The molecule has 0 unspecified atom stereocenters. The van der Waals surface area contributed by atoms with Crippen molar-refractivity contribution in [3.8, 4) is 0 Å². The van der Waals surface area contributed by atoms with E-state index in [-0.39, 0.29) is 5.97 Å². The predicted octanol–water partition coefficient (Wildman–Crippen LogP) is 3.92. The number of rotatable bonds is 11. The first-order valence-corrected chi connectivity index (χ1v) is 10.0. The third-order valence-corrected chi connectivity index (χ3v) is 9.69. The molecule has 0 aliphatic heterocycles. The van der Waals surface area contributed by atoms with Crippen LogP contribution in [0.2, 0.25) is 17.1 Å². The van der Waals surface area contributed by atoms with Crippen molar-refractivity contribution >= 4 is 14.3 Å². The third-order valence-electron chi connectivity index (χ3n) is 3.91. The Morgan fingerprint density at radius 1 is 1.10 bits per heavy atom. The first kappa shape index (κ1) is 20.3. The number of ether oxygens (including phenoxy) is 2. The molecule has 21 heavy (non-hydrogen) atoms. The lowest BCUT2D eigenvalue weighted by Crippen LogP contribution is -2.45. The van der Waals surface area contributed by atoms with Gasteiger partial charge in [0, 0.05) is 12.7 Å². The summed E-state index contributed by atoms with van der Waals surface area (Å²) in [4.78, 5) is 11.4. The number of carbonyl (C=O) groups is 1. The first-order valence-electron chi connectivity index (χ1n) is 7.73. The van der Waals surface area contributed by atoms with E-state index in [9.17, 15) is 4.79 Å². The van der Waals surface area contributed by atoms with Gasteiger partial charge in [-0.2, -0.15) is 0 Å². The number of methoxy groups -OCH3 is 1. The zero-order valence-corrected chi connectivity index (χ0v) is 15.5. The second-order valence-corrected chi connectivity index (χ2v) is 11.1. The smallest absolute Gasteiger partial charge is 0.333 e. The van der Waals surface area contributed by atoms with Crippen LogP contribution in [0.25, 0.3) is 0 Å². The normalized spacial score (nSPS) is 12.0. The molecule has 0 atom stereocenters. The van der Waals surface area contributed by atoms with Gasteiger partial charge < -0.3 is 13.9 Å². The fourth-order valence-corrected chi connectivity index (χ4v) is 7.06. The maximum Gasteiger partial charge on any atom is 0.333 e. The Hall–Kier alpha value is -0.653. The molecular weight excluding hydrogens is 284 g/mol. The summed E-state index contributed by atoms with van der Waals surface area (Å²) in [7, 11) is -0.191. The van der Waals surface area contributed by atoms with Gasteiger partial charge >= 0.3 is 5.97 Å². The number of hydrogen-bond acceptors (Lipinski definition) is 4. The highest BCUT2D eigenvalue weighted by molar-refractivity contribution is 6.76. The van der Waals surface area contributed by atoms with E-state index in [1.165, 1.54) is 0 Å². The summed E-state index contributed by atoms with van der Waals surface area (Å²) in [6, 6.07) is 0.996. The fourth-order valence-electron chi connectivity index (χ4n) is 2.60. The van der Waals surface area contributed by atoms with Gasteiger partial charge in [0.05, 0.1) is 19.8 Å². The van der Waals surface area contributed by atoms with E-state index in [1.807, 2.05) is 0 Å². The Morgan fingerprint density at radius 2 is 1.67 bits per heavy atom. The van der Waals surface area contributed by atoms with Crippen molar-refractivity contribution in [1.82, 2.24) is 0 Å². The maximum atomic E-state index is 11.4. The van der Waals surface area contributed by atoms with Crippen LogP contribution < -0.4 is 0 Å². The molecule has 0 radical (unpaired) electrons. The highest BCUT2D eigenvalue weighted by Gasteiger charge is 2.41. The second kappa shape index (κ2) is 10.1. The zero-order chi connectivity index (χ0) is 16.5. The maximum absolute atomic E-state index is 11.4. The van der Waals surface area contributed by atoms with Crippen LogP contribution in [0, 0.1) is 0 Å². The van der Waals surface area contributed by atoms with Gasteiger partial charge in [-0.05, 0) is 30.5 Å². The summed E-state index contributed by atoms with van der Waals surface area (Å²) >= 11 is 0. The summed E-state index contributed by atoms with van der Waals surface area (Å²) in [5, 5.41) is 0. The van der Waals surface area contributed by atoms with Crippen LogP contribution in [0.4, 0.5) is 0 Å². The van der Waals surface area contributed by atoms with Crippen molar-refractivity contribution in [1.29, 1.82) is 0 Å². The van der Waals surface area contributed by atoms with Crippen LogP contribution in [0.5, 0.6) is 0 Å². The molecule has 0 heterocycles. The van der Waals surface area contributed by atoms with E-state index >= 15 is 0 Å². The largest absolute Gasteiger partial charge is 0.462 e. The highest BCUT2D eigenvalue weighted by atomic mass is 28.4. The zero-order valence-electron chi connectivity index (χ0n) is 14.5. The van der Waals surface area contributed by atoms with Crippen molar-refractivity contribution < 1.29 is 18.7 Å². The standard InChI is InChI=1S/C16H32O4Si/c1-13(2)16(17)19-9-8-12-21(14(3)4,15(5)6)20-11-10-18-7/h14-15H,1,8-12H2,2-7H3. The van der Waals surface area contributed by atoms with E-state index in [2.05, 4.69) is 34.3 Å². The van der Waals surface area contributed by atoms with Crippen LogP contribution in [0.1, 0.15) is 41.0 Å². The predicted molar refractivity (Wildman–Crippen MR) is 89.0 cm³/mol. The number of carbonyl (C=O) groups excluding carboxylic acids is 1. The van der Waals surface area contributed by atoms with Crippen LogP contribution in [0.3, 0.4) is 0 Å². The Labute approximate surface area is 131 Å². The summed E-state index contributed by atoms with van der Waals surface area (Å²) in [5.74, 6) is -0.309. The monoisotopic (exact) mass is 316 g/mol. The van der Waals surface area contributed by atoms with Crippen molar-refractivity contribution in [2.75, 3.05) is 26.9 Å². The minimum atomic E-state index is -1.88. The van der Waals surface area contributed by atoms with Crippen molar-refractivity contribution in [2.45, 2.75) is 58.2 Å². The molecule has 0 fully saturated rings. The molecule has 0 aliphatic carbocycles. The lowest BCUT2D eigenvalue weighted by atomic mass is 10.4. The summed E-state index contributed by atoms with van der Waals surface area (Å²) in [5.41, 5.74) is 1.49. The molecule has 124 valence electrons. The molecule has 0 aromatic rings. The van der Waals surface area contributed by atoms with Gasteiger partial charge in [-0.1, -0.05) is 34.3 Å². The van der Waals surface area contributed by atoms with Crippen LogP contribution in [-0.2, 0) is 18.7 Å². The van der Waals surface area contributed by atoms with E-state index in [0.29, 0.717) is 36.5 Å². The fraction of sp³-hybridized carbons (Fsp3) is 0.812. The molecule has 4 nitrogen and oxygen atoms in total. The van der Waals surface area contributed by atoms with Gasteiger partial charge in [-0.25, -0.2) is 4.79 Å². The molecule has 0 rings (SSSR count). The van der Waals surface area contributed by atoms with Crippen molar-refractivity contribution in [2.24, 2.45) is 0 Å². The van der Waals surface area contributed by atoms with Crippen LogP contribution in [-0.4, -0.2) is 41.2 Å². The Bertz CT molecular complexity index is 318. The highest BCUT2D eigenvalue weighted by Crippen LogP contribution is 2.37. The van der Waals surface area contributed by atoms with Crippen molar-refractivity contribution in [3.63, 3.8) is 0 Å². The molecule has 5 heteroatoms. The quantitative estimate of drug-likeness (QED) is 0.251. The van der Waals surface area contributed by atoms with E-state index < -0.39 is 8.32 Å². The van der Waals surface area contributed by atoms with Crippen LogP contribution in [0.15, 0.2) is 12.2 Å². The van der Waals surface area contributed by atoms with Crippen LogP contribution >= 0.6 is 0 Å². The Balaban J connectivity index is 4.52. The second-order valence-electron chi connectivity index (χ2n) is 6.13. The molecule has 0 aromatic heterocycles. The van der Waals surface area contributed by atoms with Gasteiger partial charge in [0.1, 0.15) is 0 Å². The Kier molecular flexibility index (Phi) is 9.82. The molecule has 0 amide bonds. The molecule has 0 saturated heterocycles. The molecule has 0 aliphatic rings. The van der Waals surface area contributed by atoms with E-state index in [0.717, 1.165) is 12.5 Å². The van der Waals surface area contributed by atoms with Crippen molar-refractivity contribution in [3.05, 3.63) is 12.2 Å². The van der Waals surface area contributed by atoms with Gasteiger partial charge in [-0.3, -0.25) is 0 Å².